The van der Waals surface area contributed by atoms with Crippen molar-refractivity contribution >= 4 is 110 Å². The highest BCUT2D eigenvalue weighted by Gasteiger charge is 2.45. The van der Waals surface area contributed by atoms with E-state index in [-0.39, 0.29) is 23.1 Å². The molecule has 5 heterocycles. The molecule has 11 aromatic rings. The van der Waals surface area contributed by atoms with Crippen molar-refractivity contribution in [2.45, 2.75) is 78.6 Å². The third-order valence-corrected chi connectivity index (χ3v) is 15.8. The first kappa shape index (κ1) is 38.9. The number of hydrogen-bond acceptors (Lipinski definition) is 3. The van der Waals surface area contributed by atoms with E-state index in [9.17, 15) is 0 Å². The highest BCUT2D eigenvalue weighted by Crippen LogP contribution is 2.53. The summed E-state index contributed by atoms with van der Waals surface area (Å²) in [6.45, 7) is 20.9. The molecule has 0 saturated heterocycles. The first-order chi connectivity index (χ1) is 31.1. The molecule has 3 aromatic heterocycles. The zero-order valence-corrected chi connectivity index (χ0v) is 39.5. The maximum atomic E-state index is 6.84. The fourth-order valence-corrected chi connectivity index (χ4v) is 12.4. The van der Waals surface area contributed by atoms with Gasteiger partial charge in [-0.05, 0) is 116 Å². The molecule has 0 fully saturated rings. The molecule has 13 rings (SSSR count). The van der Waals surface area contributed by atoms with Crippen LogP contribution >= 0.6 is 11.3 Å². The fourth-order valence-electron chi connectivity index (χ4n) is 11.2. The molecule has 65 heavy (non-hydrogen) atoms. The van der Waals surface area contributed by atoms with Gasteiger partial charge in [0.25, 0.3) is 0 Å². The minimum absolute atomic E-state index is 0.00350. The summed E-state index contributed by atoms with van der Waals surface area (Å²) < 4.78 is 12.2. The Morgan fingerprint density at radius 2 is 1.12 bits per heavy atom. The summed E-state index contributed by atoms with van der Waals surface area (Å²) in [4.78, 5) is 2.63. The summed E-state index contributed by atoms with van der Waals surface area (Å²) >= 11 is 1.95. The minimum Gasteiger partial charge on any atom is -0.456 e. The van der Waals surface area contributed by atoms with Gasteiger partial charge in [0, 0.05) is 80.8 Å². The number of fused-ring (bicyclic) bond motifs is 14. The van der Waals surface area contributed by atoms with Crippen LogP contribution in [-0.4, -0.2) is 11.3 Å². The van der Waals surface area contributed by atoms with E-state index >= 15 is 0 Å². The average Bonchev–Trinajstić information content (AvgIpc) is 3.95. The minimum atomic E-state index is -0.124. The second-order valence-corrected chi connectivity index (χ2v) is 22.8. The van der Waals surface area contributed by atoms with Crippen LogP contribution in [0.2, 0.25) is 0 Å². The lowest BCUT2D eigenvalue weighted by molar-refractivity contribution is 0.590. The second kappa shape index (κ2) is 13.0. The average molecular weight is 859 g/mol. The Balaban J connectivity index is 1.26. The largest absolute Gasteiger partial charge is 0.456 e. The molecule has 2 aliphatic heterocycles. The van der Waals surface area contributed by atoms with Gasteiger partial charge in [-0.1, -0.05) is 141 Å². The quantitative estimate of drug-likeness (QED) is 0.162. The van der Waals surface area contributed by atoms with Crippen LogP contribution in [0.3, 0.4) is 0 Å². The van der Waals surface area contributed by atoms with Crippen molar-refractivity contribution in [1.82, 2.24) is 4.48 Å². The van der Waals surface area contributed by atoms with Crippen LogP contribution < -0.4 is 15.8 Å². The molecule has 0 spiro atoms. The lowest BCUT2D eigenvalue weighted by Gasteiger charge is -2.41. The van der Waals surface area contributed by atoms with E-state index in [4.69, 9.17) is 4.42 Å². The predicted octanol–water partition coefficient (Wildman–Crippen LogP) is 16.0. The number of anilines is 3. The molecule has 0 unspecified atom stereocenters. The molecular formula is C60H51BN2OS. The molecule has 8 aromatic carbocycles. The number of nitrogens with zero attached hydrogens (tertiary/aromatic N) is 2. The summed E-state index contributed by atoms with van der Waals surface area (Å²) in [5.41, 5.74) is 19.6. The number of benzene rings is 8. The number of rotatable bonds is 2. The number of hydrogen-bond donors (Lipinski definition) is 0. The Kier molecular flexibility index (Phi) is 7.80. The van der Waals surface area contributed by atoms with Gasteiger partial charge in [0.05, 0.1) is 5.69 Å². The molecule has 3 nitrogen and oxygen atoms in total. The molecule has 0 amide bonds. The topological polar surface area (TPSA) is 21.3 Å². The SMILES string of the molecule is CC(C)(C)c1ccc(N2c3cc4c(cc3B3c5c2cc2c(sc6ccccc62)c5-c2cc(C(C)(C)C)cc5c6cc(C(C)(C)C)ccc6n3c25)oc2ccccc24)c(-c2ccccc2)c1. The van der Waals surface area contributed by atoms with Gasteiger partial charge in [-0.3, -0.25) is 0 Å². The van der Waals surface area contributed by atoms with Crippen LogP contribution in [0.25, 0.3) is 86.2 Å². The van der Waals surface area contributed by atoms with Gasteiger partial charge in [-0.2, -0.15) is 0 Å². The smallest absolute Gasteiger partial charge is 0.333 e. The molecule has 0 aliphatic carbocycles. The van der Waals surface area contributed by atoms with Crippen molar-refractivity contribution < 1.29 is 4.42 Å². The zero-order chi connectivity index (χ0) is 44.5. The summed E-state index contributed by atoms with van der Waals surface area (Å²) in [7, 11) is 0. The second-order valence-electron chi connectivity index (χ2n) is 21.8. The van der Waals surface area contributed by atoms with Crippen molar-refractivity contribution in [3.63, 3.8) is 0 Å². The Hall–Kier alpha value is -6.56. The van der Waals surface area contributed by atoms with E-state index in [1.54, 1.807) is 0 Å². The lowest BCUT2D eigenvalue weighted by Crippen LogP contribution is -2.56. The molecule has 0 radical (unpaired) electrons. The Labute approximate surface area is 385 Å². The lowest BCUT2D eigenvalue weighted by atomic mass is 9.45. The third-order valence-electron chi connectivity index (χ3n) is 14.6. The first-order valence-corrected chi connectivity index (χ1v) is 24.0. The van der Waals surface area contributed by atoms with Crippen LogP contribution in [0.1, 0.15) is 79.0 Å². The molecule has 0 saturated carbocycles. The maximum Gasteiger partial charge on any atom is 0.333 e. The summed E-state index contributed by atoms with van der Waals surface area (Å²) in [6, 6.07) is 55.6. The van der Waals surface area contributed by atoms with Crippen molar-refractivity contribution in [2.24, 2.45) is 0 Å². The number of furan rings is 1. The molecule has 5 heteroatoms. The normalized spacial score (nSPS) is 13.9. The predicted molar refractivity (Wildman–Crippen MR) is 282 cm³/mol. The number of aromatic nitrogens is 1. The first-order valence-electron chi connectivity index (χ1n) is 23.2. The number of para-hydroxylation sites is 1. The van der Waals surface area contributed by atoms with Crippen LogP contribution in [0, 0.1) is 0 Å². The van der Waals surface area contributed by atoms with Crippen LogP contribution in [-0.2, 0) is 16.2 Å². The molecule has 316 valence electrons. The van der Waals surface area contributed by atoms with Crippen LogP contribution in [0.4, 0.5) is 17.1 Å². The summed E-state index contributed by atoms with van der Waals surface area (Å²) in [5.74, 6) is 0. The van der Waals surface area contributed by atoms with Gasteiger partial charge in [0.1, 0.15) is 11.2 Å². The highest BCUT2D eigenvalue weighted by atomic mass is 32.1. The van der Waals surface area contributed by atoms with E-state index in [1.165, 1.54) is 109 Å². The third kappa shape index (κ3) is 5.48. The molecule has 0 N–H and O–H groups in total. The molecular weight excluding hydrogens is 808 g/mol. The molecule has 0 atom stereocenters. The van der Waals surface area contributed by atoms with Crippen molar-refractivity contribution in [1.29, 1.82) is 0 Å². The summed E-state index contributed by atoms with van der Waals surface area (Å²) in [5, 5.41) is 7.53. The van der Waals surface area contributed by atoms with Gasteiger partial charge in [0.15, 0.2) is 0 Å². The van der Waals surface area contributed by atoms with Gasteiger partial charge >= 0.3 is 6.85 Å². The Morgan fingerprint density at radius 3 is 1.89 bits per heavy atom. The van der Waals surface area contributed by atoms with Gasteiger partial charge in [0.2, 0.25) is 0 Å². The monoisotopic (exact) mass is 858 g/mol. The summed E-state index contributed by atoms with van der Waals surface area (Å²) in [6.07, 6.45) is 0. The van der Waals surface area contributed by atoms with Gasteiger partial charge in [-0.15, -0.1) is 11.3 Å². The molecule has 2 aliphatic rings. The standard InChI is InChI=1S/C60H51BN2OS/c1-58(2,3)35-23-25-47(40(27-35)34-17-11-10-12-18-34)62-49-31-42-38-19-13-15-21-51(38)64-52(42)33-46(49)61-55-50(62)32-44-39-20-14-16-22-53(39)65-57(44)54(55)45-30-37(60(7,8)9)29-43-41-28-36(59(4,5)6)24-26-48(41)63(61)56(43)45/h10-33H,1-9H3. The van der Waals surface area contributed by atoms with Crippen molar-refractivity contribution in [3.8, 4) is 22.3 Å². The van der Waals surface area contributed by atoms with Crippen molar-refractivity contribution in [3.05, 3.63) is 162 Å². The fraction of sp³-hybridized carbons (Fsp3) is 0.200. The van der Waals surface area contributed by atoms with E-state index in [1.807, 2.05) is 11.3 Å². The maximum absolute atomic E-state index is 6.84. The van der Waals surface area contributed by atoms with E-state index < -0.39 is 0 Å². The van der Waals surface area contributed by atoms with Crippen molar-refractivity contribution in [2.75, 3.05) is 4.90 Å². The van der Waals surface area contributed by atoms with E-state index in [2.05, 4.69) is 217 Å². The zero-order valence-electron chi connectivity index (χ0n) is 38.6. The van der Waals surface area contributed by atoms with Crippen LogP contribution in [0.15, 0.2) is 150 Å². The Bertz CT molecular complexity index is 3840. The van der Waals surface area contributed by atoms with Gasteiger partial charge < -0.3 is 13.8 Å². The van der Waals surface area contributed by atoms with Gasteiger partial charge in [-0.25, -0.2) is 0 Å². The van der Waals surface area contributed by atoms with Crippen LogP contribution in [0.5, 0.6) is 0 Å². The van der Waals surface area contributed by atoms with E-state index in [0.29, 0.717) is 0 Å². The molecule has 0 bridgehead atoms. The Morgan fingerprint density at radius 1 is 0.477 bits per heavy atom. The van der Waals surface area contributed by atoms with E-state index in [0.717, 1.165) is 21.9 Å². The highest BCUT2D eigenvalue weighted by molar-refractivity contribution is 7.26. The number of thiophene rings is 1.